The van der Waals surface area contributed by atoms with Crippen molar-refractivity contribution in [1.82, 2.24) is 15.2 Å². The molecule has 0 aliphatic heterocycles. The Labute approximate surface area is 114 Å². The molecule has 0 radical (unpaired) electrons. The van der Waals surface area contributed by atoms with Crippen molar-refractivity contribution >= 4 is 28.5 Å². The fourth-order valence-electron chi connectivity index (χ4n) is 1.42. The molecule has 0 aliphatic rings. The first-order valence-electron chi connectivity index (χ1n) is 5.31. The van der Waals surface area contributed by atoms with E-state index in [4.69, 9.17) is 22.7 Å². The number of hydrogen-bond donors (Lipinski definition) is 1. The molecule has 2 heterocycles. The maximum absolute atomic E-state index is 5.58. The molecular weight excluding hydrogens is 268 g/mol. The summed E-state index contributed by atoms with van der Waals surface area (Å²) < 4.78 is 5.56. The molecule has 0 aliphatic carbocycles. The minimum atomic E-state index is 0.258. The van der Waals surface area contributed by atoms with Crippen LogP contribution in [0.1, 0.15) is 16.1 Å². The molecule has 94 valence electrons. The molecule has 2 rings (SSSR count). The number of nitrogens with two attached hydrogens (primary N) is 1. The van der Waals surface area contributed by atoms with Gasteiger partial charge in [-0.05, 0) is 13.0 Å². The summed E-state index contributed by atoms with van der Waals surface area (Å²) in [4.78, 5) is 5.64. The predicted molar refractivity (Wildman–Crippen MR) is 74.0 cm³/mol. The van der Waals surface area contributed by atoms with Crippen LogP contribution in [0.3, 0.4) is 0 Å². The van der Waals surface area contributed by atoms with E-state index >= 15 is 0 Å². The third-order valence-corrected chi connectivity index (χ3v) is 3.58. The number of thiocarbonyl (C=S) groups is 1. The smallest absolute Gasteiger partial charge is 0.243 e. The lowest BCUT2D eigenvalue weighted by Crippen LogP contribution is -2.14. The van der Waals surface area contributed by atoms with Gasteiger partial charge in [0.1, 0.15) is 4.99 Å². The maximum Gasteiger partial charge on any atom is 0.243 e. The van der Waals surface area contributed by atoms with Gasteiger partial charge in [0, 0.05) is 11.3 Å². The number of rotatable bonds is 5. The first-order chi connectivity index (χ1) is 8.68. The molecule has 0 amide bonds. The molecule has 2 N–H and O–H groups in total. The van der Waals surface area contributed by atoms with E-state index in [1.165, 1.54) is 11.1 Å². The Kier molecular flexibility index (Phi) is 4.16. The van der Waals surface area contributed by atoms with Crippen LogP contribution in [0.15, 0.2) is 17.8 Å². The Balaban J connectivity index is 1.99. The normalized spacial score (nSPS) is 10.3. The Morgan fingerprint density at radius 3 is 3.06 bits per heavy atom. The second-order valence-electron chi connectivity index (χ2n) is 3.57. The van der Waals surface area contributed by atoms with Crippen molar-refractivity contribution < 1.29 is 4.74 Å². The van der Waals surface area contributed by atoms with E-state index < -0.39 is 0 Å². The molecule has 0 aromatic carbocycles. The summed E-state index contributed by atoms with van der Waals surface area (Å²) in [5, 5.41) is 7.65. The topological polar surface area (TPSA) is 73.9 Å². The van der Waals surface area contributed by atoms with Crippen LogP contribution in [-0.4, -0.2) is 26.8 Å². The average molecular weight is 280 g/mol. The largest absolute Gasteiger partial charge is 0.476 e. The van der Waals surface area contributed by atoms with Crippen molar-refractivity contribution in [1.29, 1.82) is 0 Å². The van der Waals surface area contributed by atoms with Gasteiger partial charge < -0.3 is 10.5 Å². The SMILES string of the molecule is Cc1ncsc1CCOc1nnccc1C(N)=S. The quantitative estimate of drug-likeness (QED) is 0.837. The van der Waals surface area contributed by atoms with Gasteiger partial charge in [0.15, 0.2) is 0 Å². The number of thiazole rings is 1. The monoisotopic (exact) mass is 280 g/mol. The van der Waals surface area contributed by atoms with Crippen LogP contribution in [0.5, 0.6) is 5.88 Å². The van der Waals surface area contributed by atoms with E-state index in [2.05, 4.69) is 15.2 Å². The summed E-state index contributed by atoms with van der Waals surface area (Å²) >= 11 is 6.54. The predicted octanol–water partition coefficient (Wildman–Crippen LogP) is 1.50. The van der Waals surface area contributed by atoms with Gasteiger partial charge in [0.2, 0.25) is 5.88 Å². The van der Waals surface area contributed by atoms with E-state index in [1.54, 1.807) is 17.4 Å². The summed E-state index contributed by atoms with van der Waals surface area (Å²) in [5.41, 5.74) is 9.06. The van der Waals surface area contributed by atoms with Crippen molar-refractivity contribution in [3.8, 4) is 5.88 Å². The molecule has 0 bridgehead atoms. The number of aryl methyl sites for hydroxylation is 1. The van der Waals surface area contributed by atoms with E-state index in [-0.39, 0.29) is 4.99 Å². The summed E-state index contributed by atoms with van der Waals surface area (Å²) in [6.45, 7) is 2.48. The summed E-state index contributed by atoms with van der Waals surface area (Å²) in [5.74, 6) is 0.382. The van der Waals surface area contributed by atoms with Crippen molar-refractivity contribution in [3.63, 3.8) is 0 Å². The van der Waals surface area contributed by atoms with Crippen LogP contribution in [0.2, 0.25) is 0 Å². The van der Waals surface area contributed by atoms with Gasteiger partial charge in [-0.2, -0.15) is 5.10 Å². The Morgan fingerprint density at radius 1 is 1.56 bits per heavy atom. The third kappa shape index (κ3) is 2.99. The highest BCUT2D eigenvalue weighted by molar-refractivity contribution is 7.80. The fraction of sp³-hybridized carbons (Fsp3) is 0.273. The summed E-state index contributed by atoms with van der Waals surface area (Å²) in [6.07, 6.45) is 2.32. The molecular formula is C11H12N4OS2. The van der Waals surface area contributed by atoms with E-state index in [0.29, 0.717) is 18.1 Å². The van der Waals surface area contributed by atoms with Crippen LogP contribution < -0.4 is 10.5 Å². The Morgan fingerprint density at radius 2 is 2.39 bits per heavy atom. The Hall–Kier alpha value is -1.60. The number of aromatic nitrogens is 3. The van der Waals surface area contributed by atoms with Crippen LogP contribution >= 0.6 is 23.6 Å². The highest BCUT2D eigenvalue weighted by atomic mass is 32.1. The van der Waals surface area contributed by atoms with Crippen molar-refractivity contribution in [2.75, 3.05) is 6.61 Å². The minimum Gasteiger partial charge on any atom is -0.476 e. The van der Waals surface area contributed by atoms with Crippen LogP contribution in [0.4, 0.5) is 0 Å². The number of hydrogen-bond acceptors (Lipinski definition) is 6. The zero-order valence-corrected chi connectivity index (χ0v) is 11.4. The zero-order chi connectivity index (χ0) is 13.0. The molecule has 5 nitrogen and oxygen atoms in total. The minimum absolute atomic E-state index is 0.258. The summed E-state index contributed by atoms with van der Waals surface area (Å²) in [6, 6.07) is 1.70. The first kappa shape index (κ1) is 12.8. The van der Waals surface area contributed by atoms with E-state index in [1.807, 2.05) is 12.4 Å². The first-order valence-corrected chi connectivity index (χ1v) is 6.60. The van der Waals surface area contributed by atoms with E-state index in [0.717, 1.165) is 12.1 Å². The van der Waals surface area contributed by atoms with Crippen LogP contribution in [0.25, 0.3) is 0 Å². The maximum atomic E-state index is 5.58. The molecule has 2 aromatic heterocycles. The molecule has 0 saturated heterocycles. The fourth-order valence-corrected chi connectivity index (χ4v) is 2.34. The van der Waals surface area contributed by atoms with Crippen molar-refractivity contribution in [2.24, 2.45) is 5.73 Å². The molecule has 7 heteroatoms. The van der Waals surface area contributed by atoms with Crippen molar-refractivity contribution in [3.05, 3.63) is 33.9 Å². The van der Waals surface area contributed by atoms with Gasteiger partial charge in [-0.1, -0.05) is 12.2 Å². The highest BCUT2D eigenvalue weighted by Gasteiger charge is 2.08. The molecule has 0 saturated carbocycles. The van der Waals surface area contributed by atoms with Gasteiger partial charge in [0.05, 0.1) is 29.6 Å². The van der Waals surface area contributed by atoms with Gasteiger partial charge >= 0.3 is 0 Å². The number of nitrogens with zero attached hydrogens (tertiary/aromatic N) is 3. The molecule has 0 atom stereocenters. The second kappa shape index (κ2) is 5.83. The van der Waals surface area contributed by atoms with Gasteiger partial charge in [-0.15, -0.1) is 16.4 Å². The molecule has 0 unspecified atom stereocenters. The molecule has 0 spiro atoms. The highest BCUT2D eigenvalue weighted by Crippen LogP contribution is 2.16. The molecule has 2 aromatic rings. The lowest BCUT2D eigenvalue weighted by atomic mass is 10.3. The lowest BCUT2D eigenvalue weighted by molar-refractivity contribution is 0.306. The second-order valence-corrected chi connectivity index (χ2v) is 4.95. The standard InChI is InChI=1S/C11H12N4OS2/c1-7-9(18-6-13-7)3-5-16-11-8(10(12)17)2-4-14-15-11/h2,4,6H,3,5H2,1H3,(H2,12,17). The van der Waals surface area contributed by atoms with Gasteiger partial charge in [0.25, 0.3) is 0 Å². The lowest BCUT2D eigenvalue weighted by Gasteiger charge is -2.07. The van der Waals surface area contributed by atoms with Crippen molar-refractivity contribution in [2.45, 2.75) is 13.3 Å². The van der Waals surface area contributed by atoms with Crippen LogP contribution in [0, 0.1) is 6.92 Å². The zero-order valence-electron chi connectivity index (χ0n) is 9.79. The average Bonchev–Trinajstić information content (AvgIpc) is 2.76. The van der Waals surface area contributed by atoms with Crippen LogP contribution in [-0.2, 0) is 6.42 Å². The molecule has 18 heavy (non-hydrogen) atoms. The number of ether oxygens (including phenoxy) is 1. The third-order valence-electron chi connectivity index (χ3n) is 2.37. The van der Waals surface area contributed by atoms with Gasteiger partial charge in [-0.25, -0.2) is 4.98 Å². The summed E-state index contributed by atoms with van der Waals surface area (Å²) in [7, 11) is 0. The van der Waals surface area contributed by atoms with E-state index in [9.17, 15) is 0 Å². The Bertz CT molecular complexity index is 555. The van der Waals surface area contributed by atoms with Gasteiger partial charge in [-0.3, -0.25) is 0 Å². The molecule has 0 fully saturated rings.